The molecule has 0 radical (unpaired) electrons. The van der Waals surface area contributed by atoms with Crippen LogP contribution in [0, 0.1) is 0 Å². The molecule has 2 N–H and O–H groups in total. The van der Waals surface area contributed by atoms with Gasteiger partial charge < -0.3 is 10.5 Å². The zero-order valence-electron chi connectivity index (χ0n) is 10.2. The molecule has 0 aromatic heterocycles. The van der Waals surface area contributed by atoms with Crippen LogP contribution in [0.1, 0.15) is 39.5 Å². The van der Waals surface area contributed by atoms with Crippen LogP contribution in [0.4, 0.5) is 0 Å². The third-order valence-corrected chi connectivity index (χ3v) is 3.18. The fourth-order valence-electron chi connectivity index (χ4n) is 2.21. The molecule has 0 aromatic rings. The topological polar surface area (TPSA) is 38.5 Å². The first-order chi connectivity index (χ1) is 7.27. The van der Waals surface area contributed by atoms with Crippen molar-refractivity contribution in [3.05, 3.63) is 0 Å². The van der Waals surface area contributed by atoms with Crippen LogP contribution in [-0.4, -0.2) is 43.3 Å². The zero-order valence-corrected chi connectivity index (χ0v) is 10.2. The van der Waals surface area contributed by atoms with Crippen molar-refractivity contribution in [2.75, 3.05) is 26.2 Å². The lowest BCUT2D eigenvalue weighted by Crippen LogP contribution is -2.45. The van der Waals surface area contributed by atoms with E-state index in [1.165, 1.54) is 19.4 Å². The summed E-state index contributed by atoms with van der Waals surface area (Å²) < 4.78 is 5.82. The second kappa shape index (κ2) is 7.20. The quantitative estimate of drug-likeness (QED) is 0.730. The maximum Gasteiger partial charge on any atom is 0.0702 e. The molecule has 3 heteroatoms. The fraction of sp³-hybridized carbons (Fsp3) is 1.00. The Morgan fingerprint density at radius 3 is 3.00 bits per heavy atom. The van der Waals surface area contributed by atoms with E-state index in [1.54, 1.807) is 0 Å². The Morgan fingerprint density at radius 1 is 1.53 bits per heavy atom. The molecule has 1 heterocycles. The number of hydrogen-bond donors (Lipinski definition) is 1. The van der Waals surface area contributed by atoms with Gasteiger partial charge in [-0.1, -0.05) is 6.92 Å². The molecule has 0 aromatic carbocycles. The predicted octanol–water partition coefficient (Wildman–Crippen LogP) is 1.61. The first kappa shape index (κ1) is 12.9. The van der Waals surface area contributed by atoms with Gasteiger partial charge in [0.2, 0.25) is 0 Å². The molecule has 0 saturated carbocycles. The molecule has 0 amide bonds. The van der Waals surface area contributed by atoms with Gasteiger partial charge in [0, 0.05) is 19.2 Å². The van der Waals surface area contributed by atoms with E-state index in [4.69, 9.17) is 10.5 Å². The summed E-state index contributed by atoms with van der Waals surface area (Å²) >= 11 is 0. The van der Waals surface area contributed by atoms with Gasteiger partial charge in [0.1, 0.15) is 0 Å². The Hall–Kier alpha value is -0.120. The van der Waals surface area contributed by atoms with Crippen LogP contribution in [0.25, 0.3) is 0 Å². The minimum Gasteiger partial charge on any atom is -0.377 e. The van der Waals surface area contributed by atoms with Crippen molar-refractivity contribution < 1.29 is 4.74 Å². The van der Waals surface area contributed by atoms with Gasteiger partial charge in [-0.3, -0.25) is 4.90 Å². The third-order valence-electron chi connectivity index (χ3n) is 3.18. The Kier molecular flexibility index (Phi) is 6.22. The van der Waals surface area contributed by atoms with E-state index in [1.807, 2.05) is 0 Å². The number of ether oxygens (including phenoxy) is 1. The van der Waals surface area contributed by atoms with Gasteiger partial charge in [0.25, 0.3) is 0 Å². The highest BCUT2D eigenvalue weighted by Gasteiger charge is 2.23. The van der Waals surface area contributed by atoms with Crippen molar-refractivity contribution >= 4 is 0 Å². The Balaban J connectivity index is 2.28. The highest BCUT2D eigenvalue weighted by molar-refractivity contribution is 4.77. The number of piperidine rings is 1. The minimum absolute atomic E-state index is 0.457. The van der Waals surface area contributed by atoms with Gasteiger partial charge in [-0.15, -0.1) is 0 Å². The van der Waals surface area contributed by atoms with E-state index < -0.39 is 0 Å². The van der Waals surface area contributed by atoms with Crippen molar-refractivity contribution in [1.29, 1.82) is 0 Å². The molecular formula is C12H26N2O. The second-order valence-corrected chi connectivity index (χ2v) is 4.56. The van der Waals surface area contributed by atoms with Crippen molar-refractivity contribution in [2.24, 2.45) is 5.73 Å². The van der Waals surface area contributed by atoms with E-state index in [9.17, 15) is 0 Å². The Labute approximate surface area is 94.0 Å². The van der Waals surface area contributed by atoms with E-state index >= 15 is 0 Å². The molecule has 0 bridgehead atoms. The van der Waals surface area contributed by atoms with Crippen LogP contribution in [0.2, 0.25) is 0 Å². The fourth-order valence-corrected chi connectivity index (χ4v) is 2.21. The van der Waals surface area contributed by atoms with Crippen molar-refractivity contribution in [2.45, 2.75) is 51.7 Å². The summed E-state index contributed by atoms with van der Waals surface area (Å²) in [5, 5.41) is 0. The summed E-state index contributed by atoms with van der Waals surface area (Å²) in [5.41, 5.74) is 5.59. The van der Waals surface area contributed by atoms with Crippen LogP contribution in [-0.2, 0) is 4.74 Å². The lowest BCUT2D eigenvalue weighted by molar-refractivity contribution is -0.0110. The smallest absolute Gasteiger partial charge is 0.0702 e. The molecule has 1 fully saturated rings. The molecule has 15 heavy (non-hydrogen) atoms. The number of nitrogens with two attached hydrogens (primary N) is 1. The van der Waals surface area contributed by atoms with Gasteiger partial charge in [-0.2, -0.15) is 0 Å². The van der Waals surface area contributed by atoms with E-state index in [2.05, 4.69) is 18.7 Å². The van der Waals surface area contributed by atoms with Gasteiger partial charge >= 0.3 is 0 Å². The summed E-state index contributed by atoms with van der Waals surface area (Å²) in [5.74, 6) is 0. The van der Waals surface area contributed by atoms with Gasteiger partial charge in [-0.05, 0) is 45.7 Å². The molecule has 1 aliphatic rings. The summed E-state index contributed by atoms with van der Waals surface area (Å²) in [4.78, 5) is 2.52. The van der Waals surface area contributed by atoms with Crippen molar-refractivity contribution in [1.82, 2.24) is 4.90 Å². The standard InChI is InChI=1S/C12H26N2O/c1-3-9-15-12-5-4-8-14(10-12)11(2)6-7-13/h11-12H,3-10,13H2,1-2H3. The zero-order chi connectivity index (χ0) is 11.1. The number of hydrogen-bond acceptors (Lipinski definition) is 3. The number of nitrogens with zero attached hydrogens (tertiary/aromatic N) is 1. The van der Waals surface area contributed by atoms with Crippen LogP contribution < -0.4 is 5.73 Å². The summed E-state index contributed by atoms with van der Waals surface area (Å²) in [7, 11) is 0. The molecule has 1 rings (SSSR count). The summed E-state index contributed by atoms with van der Waals surface area (Å²) in [6.45, 7) is 8.45. The van der Waals surface area contributed by atoms with Gasteiger partial charge in [-0.25, -0.2) is 0 Å². The first-order valence-corrected chi connectivity index (χ1v) is 6.33. The summed E-state index contributed by atoms with van der Waals surface area (Å²) in [6, 6.07) is 0.614. The van der Waals surface area contributed by atoms with E-state index in [0.717, 1.165) is 32.5 Å². The van der Waals surface area contributed by atoms with Gasteiger partial charge in [0.05, 0.1) is 6.10 Å². The van der Waals surface area contributed by atoms with E-state index in [-0.39, 0.29) is 0 Å². The average molecular weight is 214 g/mol. The molecule has 90 valence electrons. The van der Waals surface area contributed by atoms with Crippen LogP contribution >= 0.6 is 0 Å². The molecule has 1 aliphatic heterocycles. The van der Waals surface area contributed by atoms with Crippen molar-refractivity contribution in [3.8, 4) is 0 Å². The molecule has 0 spiro atoms. The Morgan fingerprint density at radius 2 is 2.33 bits per heavy atom. The molecule has 2 atom stereocenters. The lowest BCUT2D eigenvalue weighted by atomic mass is 10.0. The average Bonchev–Trinajstić information content (AvgIpc) is 2.27. The number of likely N-dealkylation sites (tertiary alicyclic amines) is 1. The molecular weight excluding hydrogens is 188 g/mol. The Bertz CT molecular complexity index is 164. The van der Waals surface area contributed by atoms with Crippen LogP contribution in [0.3, 0.4) is 0 Å². The van der Waals surface area contributed by atoms with Crippen molar-refractivity contribution in [3.63, 3.8) is 0 Å². The lowest BCUT2D eigenvalue weighted by Gasteiger charge is -2.36. The summed E-state index contributed by atoms with van der Waals surface area (Å²) in [6.07, 6.45) is 5.17. The highest BCUT2D eigenvalue weighted by atomic mass is 16.5. The maximum absolute atomic E-state index is 5.82. The highest BCUT2D eigenvalue weighted by Crippen LogP contribution is 2.16. The first-order valence-electron chi connectivity index (χ1n) is 6.33. The number of rotatable bonds is 6. The SMILES string of the molecule is CCCOC1CCCN(C(C)CCN)C1. The normalized spacial score (nSPS) is 25.4. The molecule has 0 aliphatic carbocycles. The van der Waals surface area contributed by atoms with Crippen LogP contribution in [0.15, 0.2) is 0 Å². The monoisotopic (exact) mass is 214 g/mol. The third kappa shape index (κ3) is 4.49. The molecule has 3 nitrogen and oxygen atoms in total. The largest absolute Gasteiger partial charge is 0.377 e. The predicted molar refractivity (Wildman–Crippen MR) is 64.0 cm³/mol. The molecule has 1 saturated heterocycles. The minimum atomic E-state index is 0.457. The maximum atomic E-state index is 5.82. The van der Waals surface area contributed by atoms with Crippen LogP contribution in [0.5, 0.6) is 0 Å². The molecule has 2 unspecified atom stereocenters. The van der Waals surface area contributed by atoms with E-state index in [0.29, 0.717) is 12.1 Å². The van der Waals surface area contributed by atoms with Gasteiger partial charge in [0.15, 0.2) is 0 Å². The second-order valence-electron chi connectivity index (χ2n) is 4.56.